The average Bonchev–Trinajstić information content (AvgIpc) is 2.40. The Morgan fingerprint density at radius 2 is 1.62 bits per heavy atom. The van der Waals surface area contributed by atoms with E-state index in [0.717, 1.165) is 28.1 Å². The van der Waals surface area contributed by atoms with Crippen LogP contribution in [0.5, 0.6) is 5.75 Å². The molecule has 110 valence electrons. The third-order valence-corrected chi connectivity index (χ3v) is 3.33. The molecule has 0 saturated heterocycles. The zero-order valence-electron chi connectivity index (χ0n) is 13.0. The molecule has 0 unspecified atom stereocenters. The van der Waals surface area contributed by atoms with Gasteiger partial charge in [0.05, 0.1) is 6.61 Å². The third-order valence-electron chi connectivity index (χ3n) is 3.33. The quantitative estimate of drug-likeness (QED) is 0.910. The average molecular weight is 283 g/mol. The molecule has 21 heavy (non-hydrogen) atoms. The monoisotopic (exact) mass is 283 g/mol. The van der Waals surface area contributed by atoms with E-state index in [1.54, 1.807) is 0 Å². The van der Waals surface area contributed by atoms with Crippen molar-refractivity contribution in [2.45, 2.75) is 27.7 Å². The molecule has 2 rings (SSSR count). The van der Waals surface area contributed by atoms with Crippen molar-refractivity contribution >= 4 is 11.6 Å². The number of carbonyl (C=O) groups excluding carboxylic acids is 1. The molecule has 0 aliphatic carbocycles. The number of rotatable bonds is 4. The number of nitrogens with one attached hydrogen (secondary N) is 1. The van der Waals surface area contributed by atoms with Gasteiger partial charge in [0.2, 0.25) is 0 Å². The molecule has 0 aliphatic rings. The zero-order chi connectivity index (χ0) is 15.4. The maximum absolute atomic E-state index is 12.4. The number of hydrogen-bond donors (Lipinski definition) is 1. The maximum Gasteiger partial charge on any atom is 0.256 e. The fourth-order valence-corrected chi connectivity index (χ4v) is 2.53. The summed E-state index contributed by atoms with van der Waals surface area (Å²) in [7, 11) is 0. The highest BCUT2D eigenvalue weighted by molar-refractivity contribution is 6.06. The molecule has 1 amide bonds. The van der Waals surface area contributed by atoms with Gasteiger partial charge in [0, 0.05) is 11.3 Å². The molecule has 0 aromatic heterocycles. The Balaban J connectivity index is 2.18. The molecule has 0 saturated carbocycles. The van der Waals surface area contributed by atoms with Crippen molar-refractivity contribution in [3.05, 3.63) is 58.7 Å². The van der Waals surface area contributed by atoms with Crippen LogP contribution in [0.4, 0.5) is 5.69 Å². The first kappa shape index (κ1) is 15.1. The highest BCUT2D eigenvalue weighted by atomic mass is 16.5. The highest BCUT2D eigenvalue weighted by Crippen LogP contribution is 2.20. The second kappa shape index (κ2) is 6.44. The lowest BCUT2D eigenvalue weighted by Gasteiger charge is -2.12. The molecule has 0 heterocycles. The molecule has 2 aromatic carbocycles. The maximum atomic E-state index is 12.4. The fourth-order valence-electron chi connectivity index (χ4n) is 2.53. The summed E-state index contributed by atoms with van der Waals surface area (Å²) in [6.07, 6.45) is 0. The summed E-state index contributed by atoms with van der Waals surface area (Å²) < 4.78 is 5.39. The van der Waals surface area contributed by atoms with Crippen molar-refractivity contribution in [2.75, 3.05) is 11.9 Å². The first-order valence-electron chi connectivity index (χ1n) is 7.13. The lowest BCUT2D eigenvalue weighted by atomic mass is 9.99. The highest BCUT2D eigenvalue weighted by Gasteiger charge is 2.13. The van der Waals surface area contributed by atoms with Crippen LogP contribution in [-0.4, -0.2) is 12.5 Å². The Morgan fingerprint density at radius 3 is 2.14 bits per heavy atom. The minimum Gasteiger partial charge on any atom is -0.494 e. The molecule has 0 fully saturated rings. The summed E-state index contributed by atoms with van der Waals surface area (Å²) >= 11 is 0. The minimum absolute atomic E-state index is 0.0749. The molecular formula is C18H21NO2. The Labute approximate surface area is 126 Å². The summed E-state index contributed by atoms with van der Waals surface area (Å²) in [5.41, 5.74) is 4.67. The van der Waals surface area contributed by atoms with Crippen molar-refractivity contribution in [1.29, 1.82) is 0 Å². The summed E-state index contributed by atoms with van der Waals surface area (Å²) in [6.45, 7) is 8.54. The predicted molar refractivity (Wildman–Crippen MR) is 86.2 cm³/mol. The van der Waals surface area contributed by atoms with E-state index in [4.69, 9.17) is 4.74 Å². The minimum atomic E-state index is -0.0749. The second-order valence-electron chi connectivity index (χ2n) is 5.19. The standard InChI is InChI=1S/C18H21NO2/c1-5-21-16-8-6-15(7-9-16)19-18(20)17-13(3)10-12(2)11-14(17)4/h6-11H,5H2,1-4H3,(H,19,20). The first-order valence-corrected chi connectivity index (χ1v) is 7.13. The van der Waals surface area contributed by atoms with Gasteiger partial charge in [-0.15, -0.1) is 0 Å². The molecule has 0 radical (unpaired) electrons. The Bertz CT molecular complexity index is 622. The summed E-state index contributed by atoms with van der Waals surface area (Å²) in [4.78, 5) is 12.4. The summed E-state index contributed by atoms with van der Waals surface area (Å²) in [5.74, 6) is 0.729. The van der Waals surface area contributed by atoms with Gasteiger partial charge < -0.3 is 10.1 Å². The Morgan fingerprint density at radius 1 is 1.05 bits per heavy atom. The molecule has 0 aliphatic heterocycles. The first-order chi connectivity index (χ1) is 10.0. The Hall–Kier alpha value is -2.29. The van der Waals surface area contributed by atoms with Crippen LogP contribution in [0.2, 0.25) is 0 Å². The van der Waals surface area contributed by atoms with Gasteiger partial charge in [-0.2, -0.15) is 0 Å². The summed E-state index contributed by atoms with van der Waals surface area (Å²) in [6, 6.07) is 11.5. The van der Waals surface area contributed by atoms with Crippen LogP contribution in [-0.2, 0) is 0 Å². The SMILES string of the molecule is CCOc1ccc(NC(=O)c2c(C)cc(C)cc2C)cc1. The van der Waals surface area contributed by atoms with E-state index in [-0.39, 0.29) is 5.91 Å². The van der Waals surface area contributed by atoms with Gasteiger partial charge in [-0.05, 0) is 63.1 Å². The number of carbonyl (C=O) groups is 1. The lowest BCUT2D eigenvalue weighted by molar-refractivity contribution is 0.102. The number of aryl methyl sites for hydroxylation is 3. The molecule has 3 heteroatoms. The van der Waals surface area contributed by atoms with E-state index in [2.05, 4.69) is 5.32 Å². The van der Waals surface area contributed by atoms with Crippen LogP contribution in [0.3, 0.4) is 0 Å². The van der Waals surface area contributed by atoms with Gasteiger partial charge >= 0.3 is 0 Å². The van der Waals surface area contributed by atoms with Gasteiger partial charge in [0.25, 0.3) is 5.91 Å². The van der Waals surface area contributed by atoms with E-state index in [9.17, 15) is 4.79 Å². The molecule has 2 aromatic rings. The lowest BCUT2D eigenvalue weighted by Crippen LogP contribution is -2.15. The van der Waals surface area contributed by atoms with Gasteiger partial charge in [-0.25, -0.2) is 0 Å². The number of benzene rings is 2. The topological polar surface area (TPSA) is 38.3 Å². The third kappa shape index (κ3) is 3.63. The van der Waals surface area contributed by atoms with Gasteiger partial charge in [-0.1, -0.05) is 17.7 Å². The van der Waals surface area contributed by atoms with E-state index < -0.39 is 0 Å². The van der Waals surface area contributed by atoms with E-state index in [1.165, 1.54) is 5.56 Å². The molecule has 3 nitrogen and oxygen atoms in total. The number of anilines is 1. The van der Waals surface area contributed by atoms with Crippen molar-refractivity contribution < 1.29 is 9.53 Å². The van der Waals surface area contributed by atoms with Crippen LogP contribution in [0.25, 0.3) is 0 Å². The van der Waals surface area contributed by atoms with Crippen molar-refractivity contribution in [1.82, 2.24) is 0 Å². The van der Waals surface area contributed by atoms with E-state index in [0.29, 0.717) is 6.61 Å². The smallest absolute Gasteiger partial charge is 0.256 e. The van der Waals surface area contributed by atoms with Crippen molar-refractivity contribution in [3.63, 3.8) is 0 Å². The van der Waals surface area contributed by atoms with Gasteiger partial charge in [0.1, 0.15) is 5.75 Å². The number of amides is 1. The largest absolute Gasteiger partial charge is 0.494 e. The molecular weight excluding hydrogens is 262 g/mol. The Kier molecular flexibility index (Phi) is 4.63. The fraction of sp³-hybridized carbons (Fsp3) is 0.278. The molecule has 0 atom stereocenters. The number of hydrogen-bond acceptors (Lipinski definition) is 2. The number of ether oxygens (including phenoxy) is 1. The zero-order valence-corrected chi connectivity index (χ0v) is 13.0. The van der Waals surface area contributed by atoms with Crippen LogP contribution >= 0.6 is 0 Å². The van der Waals surface area contributed by atoms with Crippen LogP contribution < -0.4 is 10.1 Å². The van der Waals surface area contributed by atoms with Gasteiger partial charge in [-0.3, -0.25) is 4.79 Å². The van der Waals surface area contributed by atoms with Crippen molar-refractivity contribution in [2.24, 2.45) is 0 Å². The van der Waals surface area contributed by atoms with E-state index >= 15 is 0 Å². The van der Waals surface area contributed by atoms with Crippen LogP contribution in [0.1, 0.15) is 34.0 Å². The second-order valence-corrected chi connectivity index (χ2v) is 5.19. The molecule has 0 bridgehead atoms. The molecule has 0 spiro atoms. The van der Waals surface area contributed by atoms with Gasteiger partial charge in [0.15, 0.2) is 0 Å². The normalized spacial score (nSPS) is 10.3. The van der Waals surface area contributed by atoms with Crippen LogP contribution in [0.15, 0.2) is 36.4 Å². The molecule has 1 N–H and O–H groups in total. The summed E-state index contributed by atoms with van der Waals surface area (Å²) in [5, 5.41) is 2.93. The predicted octanol–water partition coefficient (Wildman–Crippen LogP) is 4.26. The van der Waals surface area contributed by atoms with Crippen LogP contribution in [0, 0.1) is 20.8 Å². The van der Waals surface area contributed by atoms with Crippen molar-refractivity contribution in [3.8, 4) is 5.75 Å². The van der Waals surface area contributed by atoms with E-state index in [1.807, 2.05) is 64.1 Å².